The number of ether oxygens (including phenoxy) is 2. The molecule has 6 heteroatoms. The summed E-state index contributed by atoms with van der Waals surface area (Å²) in [6.07, 6.45) is 107. The van der Waals surface area contributed by atoms with Crippen molar-refractivity contribution in [3.05, 3.63) is 34.9 Å². The van der Waals surface area contributed by atoms with E-state index in [9.17, 15) is 9.59 Å². The van der Waals surface area contributed by atoms with Crippen molar-refractivity contribution in [1.29, 1.82) is 0 Å². The Bertz CT molecular complexity index is 1650. The molecule has 0 radical (unpaired) electrons. The summed E-state index contributed by atoms with van der Waals surface area (Å²) in [5, 5.41) is 0. The SMILES string of the molecule is CCCCCCCCCCCCCCCCCCCCCCCCCCCCCCCCCCCCCCCCc1ccc(C(OC(N)=O)OC(N)=O)c(CCCCCCCCCCCCCCCCCCCCCCCCCCCCCCCCCCCCCCCC)c1. The van der Waals surface area contributed by atoms with Crippen LogP contribution in [0.4, 0.5) is 9.59 Å². The third-order valence-corrected chi connectivity index (χ3v) is 21.5. The maximum Gasteiger partial charge on any atom is 0.407 e. The van der Waals surface area contributed by atoms with Crippen molar-refractivity contribution >= 4 is 12.2 Å². The van der Waals surface area contributed by atoms with Gasteiger partial charge in [0.2, 0.25) is 0 Å². The van der Waals surface area contributed by atoms with Gasteiger partial charge in [-0.05, 0) is 36.8 Å². The maximum atomic E-state index is 11.8. The number of hydrogen-bond acceptors (Lipinski definition) is 4. The number of nitrogens with two attached hydrogens (primary N) is 2. The first-order chi connectivity index (χ1) is 47.0. The van der Waals surface area contributed by atoms with E-state index in [0.717, 1.165) is 37.7 Å². The quantitative estimate of drug-likeness (QED) is 0.0501. The molecule has 0 unspecified atom stereocenters. The highest BCUT2D eigenvalue weighted by Gasteiger charge is 2.23. The molecular weight excluding hydrogens is 1160 g/mol. The molecule has 0 saturated heterocycles. The van der Waals surface area contributed by atoms with Crippen LogP contribution < -0.4 is 11.5 Å². The van der Waals surface area contributed by atoms with E-state index >= 15 is 0 Å². The van der Waals surface area contributed by atoms with Crippen LogP contribution in [0.15, 0.2) is 18.2 Å². The van der Waals surface area contributed by atoms with Crippen LogP contribution in [-0.2, 0) is 22.3 Å². The number of benzene rings is 1. The molecule has 0 fully saturated rings. The first kappa shape index (κ1) is 90.8. The van der Waals surface area contributed by atoms with Gasteiger partial charge in [-0.25, -0.2) is 9.59 Å². The Kier molecular flexibility index (Phi) is 74.0. The molecule has 1 aromatic carbocycles. The number of unbranched alkanes of at least 4 members (excludes halogenated alkanes) is 74. The van der Waals surface area contributed by atoms with Gasteiger partial charge in [0.25, 0.3) is 6.29 Å². The molecule has 0 bridgehead atoms. The van der Waals surface area contributed by atoms with Crippen LogP contribution in [0.5, 0.6) is 0 Å². The summed E-state index contributed by atoms with van der Waals surface area (Å²) < 4.78 is 10.5. The lowest BCUT2D eigenvalue weighted by Crippen LogP contribution is -2.25. The first-order valence-corrected chi connectivity index (χ1v) is 44.0. The van der Waals surface area contributed by atoms with Crippen molar-refractivity contribution in [1.82, 2.24) is 0 Å². The Balaban J connectivity index is 1.96. The predicted molar refractivity (Wildman–Crippen MR) is 420 cm³/mol. The average Bonchev–Trinajstić information content (AvgIpc) is 1.04. The minimum absolute atomic E-state index is 0.666. The second-order valence-corrected chi connectivity index (χ2v) is 30.9. The van der Waals surface area contributed by atoms with Crippen LogP contribution in [-0.4, -0.2) is 12.2 Å². The highest BCUT2D eigenvalue weighted by Crippen LogP contribution is 2.28. The van der Waals surface area contributed by atoms with Crippen LogP contribution in [0.1, 0.15) is 525 Å². The van der Waals surface area contributed by atoms with Crippen LogP contribution in [0.25, 0.3) is 0 Å². The normalized spacial score (nSPS) is 11.7. The lowest BCUT2D eigenvalue weighted by atomic mass is 9.95. The minimum Gasteiger partial charge on any atom is -0.405 e. The smallest absolute Gasteiger partial charge is 0.405 e. The summed E-state index contributed by atoms with van der Waals surface area (Å²) >= 11 is 0. The Hall–Kier alpha value is -2.24. The molecule has 2 amide bonds. The second kappa shape index (κ2) is 77.5. The minimum atomic E-state index is -1.23. The van der Waals surface area contributed by atoms with E-state index < -0.39 is 18.5 Å². The Labute approximate surface area is 595 Å². The fraction of sp³-hybridized carbons (Fsp3) is 0.910. The van der Waals surface area contributed by atoms with Gasteiger partial charge in [0, 0.05) is 5.56 Å². The zero-order valence-electron chi connectivity index (χ0n) is 64.8. The topological polar surface area (TPSA) is 105 Å². The van der Waals surface area contributed by atoms with Crippen LogP contribution in [0.2, 0.25) is 0 Å². The summed E-state index contributed by atoms with van der Waals surface area (Å²) in [5.74, 6) is 0. The van der Waals surface area contributed by atoms with Crippen molar-refractivity contribution < 1.29 is 19.1 Å². The highest BCUT2D eigenvalue weighted by molar-refractivity contribution is 5.67. The summed E-state index contributed by atoms with van der Waals surface area (Å²) in [6, 6.07) is 6.25. The summed E-state index contributed by atoms with van der Waals surface area (Å²) in [7, 11) is 0. The van der Waals surface area contributed by atoms with Crippen molar-refractivity contribution in [2.75, 3.05) is 0 Å². The van der Waals surface area contributed by atoms with Gasteiger partial charge in [-0.1, -0.05) is 507 Å². The fourth-order valence-electron chi connectivity index (χ4n) is 15.1. The molecule has 0 saturated carbocycles. The number of primary amides is 2. The van der Waals surface area contributed by atoms with Crippen molar-refractivity contribution in [2.45, 2.75) is 521 Å². The molecule has 560 valence electrons. The lowest BCUT2D eigenvalue weighted by Gasteiger charge is -2.20. The van der Waals surface area contributed by atoms with E-state index in [4.69, 9.17) is 20.9 Å². The molecule has 0 aliphatic carbocycles. The van der Waals surface area contributed by atoms with Gasteiger partial charge in [0.1, 0.15) is 0 Å². The maximum absolute atomic E-state index is 11.8. The highest BCUT2D eigenvalue weighted by atomic mass is 16.7. The Morgan fingerprint density at radius 1 is 0.242 bits per heavy atom. The molecule has 0 spiro atoms. The standard InChI is InChI=1S/C89H170N2O4/c1-3-5-7-9-11-13-15-17-19-21-23-25-27-29-31-33-35-37-39-41-43-45-47-49-51-53-55-57-59-61-63-65-67-69-71-73-75-77-79-84-81-82-86(87(94-88(90)92)95-89(91)93)85(83-84)80-78-76-74-72-70-68-66-64-62-60-58-56-54-52-50-48-46-44-42-40-38-36-34-32-30-28-26-24-22-20-18-16-14-12-10-8-6-4-2/h81-83,87H,3-80H2,1-2H3,(H2,90,92)(H2,91,93). The first-order valence-electron chi connectivity index (χ1n) is 44.0. The van der Waals surface area contributed by atoms with Crippen molar-refractivity contribution in [2.24, 2.45) is 11.5 Å². The zero-order chi connectivity index (χ0) is 68.2. The molecule has 4 N–H and O–H groups in total. The Morgan fingerprint density at radius 3 is 0.568 bits per heavy atom. The van der Waals surface area contributed by atoms with E-state index in [1.807, 2.05) is 6.07 Å². The summed E-state index contributed by atoms with van der Waals surface area (Å²) in [6.45, 7) is 4.62. The Morgan fingerprint density at radius 2 is 0.400 bits per heavy atom. The molecule has 0 aromatic heterocycles. The molecule has 6 nitrogen and oxygen atoms in total. The lowest BCUT2D eigenvalue weighted by molar-refractivity contribution is -0.0584. The fourth-order valence-corrected chi connectivity index (χ4v) is 15.1. The molecule has 1 aromatic rings. The van der Waals surface area contributed by atoms with Gasteiger partial charge in [-0.2, -0.15) is 0 Å². The number of amides is 2. The van der Waals surface area contributed by atoms with E-state index in [2.05, 4.69) is 26.0 Å². The third-order valence-electron chi connectivity index (χ3n) is 21.5. The molecular formula is C89H170N2O4. The zero-order valence-corrected chi connectivity index (χ0v) is 64.8. The number of carbonyl (C=O) groups excluding carboxylic acids is 2. The van der Waals surface area contributed by atoms with E-state index in [1.54, 1.807) is 0 Å². The number of carbonyl (C=O) groups is 2. The van der Waals surface area contributed by atoms with Crippen LogP contribution in [0.3, 0.4) is 0 Å². The van der Waals surface area contributed by atoms with Crippen LogP contribution >= 0.6 is 0 Å². The molecule has 0 aliphatic rings. The molecule has 0 heterocycles. The monoisotopic (exact) mass is 1330 g/mol. The van der Waals surface area contributed by atoms with Gasteiger partial charge < -0.3 is 20.9 Å². The van der Waals surface area contributed by atoms with Gasteiger partial charge in [0.05, 0.1) is 0 Å². The largest absolute Gasteiger partial charge is 0.407 e. The number of aryl methyl sites for hydroxylation is 2. The van der Waals surface area contributed by atoms with Gasteiger partial charge in [0.15, 0.2) is 0 Å². The average molecular weight is 1330 g/mol. The van der Waals surface area contributed by atoms with Crippen molar-refractivity contribution in [3.63, 3.8) is 0 Å². The van der Waals surface area contributed by atoms with E-state index in [1.165, 1.54) is 474 Å². The van der Waals surface area contributed by atoms with Crippen LogP contribution in [0, 0.1) is 0 Å². The molecule has 95 heavy (non-hydrogen) atoms. The second-order valence-electron chi connectivity index (χ2n) is 30.9. The molecule has 1 rings (SSSR count). The van der Waals surface area contributed by atoms with E-state index in [0.29, 0.717) is 5.56 Å². The summed E-state index contributed by atoms with van der Waals surface area (Å²) in [5.41, 5.74) is 13.8. The predicted octanol–water partition coefficient (Wildman–Crippen LogP) is 31.6. The third kappa shape index (κ3) is 70.0. The molecule has 0 aliphatic heterocycles. The van der Waals surface area contributed by atoms with Gasteiger partial charge in [-0.3, -0.25) is 0 Å². The number of rotatable bonds is 81. The van der Waals surface area contributed by atoms with Gasteiger partial charge >= 0.3 is 12.2 Å². The number of hydrogen-bond donors (Lipinski definition) is 2. The summed E-state index contributed by atoms with van der Waals surface area (Å²) in [4.78, 5) is 23.6. The van der Waals surface area contributed by atoms with Crippen molar-refractivity contribution in [3.8, 4) is 0 Å². The molecule has 0 atom stereocenters. The van der Waals surface area contributed by atoms with E-state index in [-0.39, 0.29) is 0 Å². The van der Waals surface area contributed by atoms with Gasteiger partial charge in [-0.15, -0.1) is 0 Å².